The Morgan fingerprint density at radius 2 is 1.92 bits per heavy atom. The maximum atomic E-state index is 10.4. The van der Waals surface area contributed by atoms with E-state index in [1.54, 1.807) is 24.3 Å². The number of aliphatic imine (C=N–C) groups is 1. The maximum absolute atomic E-state index is 10.4. The number of carbonyl (C=O) groups is 1. The highest BCUT2D eigenvalue weighted by Gasteiger charge is 2.03. The van der Waals surface area contributed by atoms with E-state index in [1.807, 2.05) is 0 Å². The second-order valence-corrected chi connectivity index (χ2v) is 2.72. The van der Waals surface area contributed by atoms with E-state index in [-0.39, 0.29) is 5.84 Å². The first kappa shape index (κ1) is 9.54. The van der Waals surface area contributed by atoms with Crippen LogP contribution in [-0.4, -0.2) is 11.9 Å². The monoisotopic (exact) mass is 197 g/mol. The van der Waals surface area contributed by atoms with Gasteiger partial charge in [0, 0.05) is 5.56 Å². The highest BCUT2D eigenvalue weighted by molar-refractivity contribution is 6.34. The highest BCUT2D eigenvalue weighted by Crippen LogP contribution is 2.13. The number of rotatable bonds is 1. The summed E-state index contributed by atoms with van der Waals surface area (Å²) in [5, 5.41) is 0.435. The van der Waals surface area contributed by atoms with Gasteiger partial charge in [-0.1, -0.05) is 23.7 Å². The van der Waals surface area contributed by atoms with E-state index in [1.165, 1.54) is 0 Å². The lowest BCUT2D eigenvalue weighted by Crippen LogP contribution is -2.18. The topological polar surface area (TPSA) is 81.5 Å². The zero-order chi connectivity index (χ0) is 9.84. The summed E-state index contributed by atoms with van der Waals surface area (Å²) in [7, 11) is 0. The molecule has 0 atom stereocenters. The fourth-order valence-electron chi connectivity index (χ4n) is 0.848. The van der Waals surface area contributed by atoms with Gasteiger partial charge in [-0.3, -0.25) is 0 Å². The quantitative estimate of drug-likeness (QED) is 0.523. The van der Waals surface area contributed by atoms with Gasteiger partial charge in [0.2, 0.25) is 0 Å². The number of hydrogen-bond acceptors (Lipinski definition) is 1. The number of amidine groups is 1. The summed E-state index contributed by atoms with van der Waals surface area (Å²) < 4.78 is 0. The second-order valence-electron chi connectivity index (χ2n) is 2.32. The summed E-state index contributed by atoms with van der Waals surface area (Å²) in [5.74, 6) is 0.0260. The van der Waals surface area contributed by atoms with Crippen LogP contribution in [0.5, 0.6) is 0 Å². The first-order valence-electron chi connectivity index (χ1n) is 3.50. The predicted octanol–water partition coefficient (Wildman–Crippen LogP) is 1.12. The van der Waals surface area contributed by atoms with Crippen LogP contribution in [0, 0.1) is 0 Å². The van der Waals surface area contributed by atoms with Crippen LogP contribution >= 0.6 is 11.6 Å². The smallest absolute Gasteiger partial charge is 0.340 e. The lowest BCUT2D eigenvalue weighted by molar-refractivity contribution is 0.256. The molecule has 68 valence electrons. The number of nitrogens with two attached hydrogens (primary N) is 2. The van der Waals surface area contributed by atoms with Gasteiger partial charge in [-0.05, 0) is 12.1 Å². The van der Waals surface area contributed by atoms with Crippen LogP contribution in [0.25, 0.3) is 0 Å². The molecule has 1 rings (SSSR count). The summed E-state index contributed by atoms with van der Waals surface area (Å²) in [4.78, 5) is 13.8. The lowest BCUT2D eigenvalue weighted by atomic mass is 10.2. The molecule has 4 nitrogen and oxygen atoms in total. The molecule has 13 heavy (non-hydrogen) atoms. The van der Waals surface area contributed by atoms with Crippen molar-refractivity contribution in [3.63, 3.8) is 0 Å². The third-order valence-corrected chi connectivity index (χ3v) is 1.71. The Balaban J connectivity index is 3.08. The number of amides is 2. The van der Waals surface area contributed by atoms with Crippen molar-refractivity contribution < 1.29 is 4.79 Å². The summed E-state index contributed by atoms with van der Waals surface area (Å²) in [5.41, 5.74) is 10.8. The summed E-state index contributed by atoms with van der Waals surface area (Å²) in [6.45, 7) is 0. The van der Waals surface area contributed by atoms with Crippen molar-refractivity contribution in [2.24, 2.45) is 16.5 Å². The molecule has 0 saturated heterocycles. The van der Waals surface area contributed by atoms with Crippen LogP contribution in [0.2, 0.25) is 5.02 Å². The Hall–Kier alpha value is -1.55. The molecule has 0 aliphatic carbocycles. The van der Waals surface area contributed by atoms with Crippen molar-refractivity contribution in [1.29, 1.82) is 0 Å². The first-order valence-corrected chi connectivity index (χ1v) is 3.87. The SMILES string of the molecule is NC(=O)N=C(N)c1ccccc1Cl. The van der Waals surface area contributed by atoms with Crippen molar-refractivity contribution in [1.82, 2.24) is 0 Å². The lowest BCUT2D eigenvalue weighted by Gasteiger charge is -2.00. The molecule has 0 aromatic heterocycles. The van der Waals surface area contributed by atoms with Gasteiger partial charge in [0.15, 0.2) is 0 Å². The van der Waals surface area contributed by atoms with Gasteiger partial charge in [0.25, 0.3) is 0 Å². The molecule has 0 spiro atoms. The molecular formula is C8H8ClN3O. The van der Waals surface area contributed by atoms with E-state index in [9.17, 15) is 4.79 Å². The largest absolute Gasteiger partial charge is 0.383 e. The average Bonchev–Trinajstić information content (AvgIpc) is 2.03. The Bertz CT molecular complexity index is 362. The maximum Gasteiger partial charge on any atom is 0.340 e. The molecule has 0 aliphatic rings. The van der Waals surface area contributed by atoms with Gasteiger partial charge in [0.1, 0.15) is 5.84 Å². The minimum absolute atomic E-state index is 0.0260. The zero-order valence-electron chi connectivity index (χ0n) is 6.70. The Labute approximate surface area is 80.2 Å². The van der Waals surface area contributed by atoms with E-state index >= 15 is 0 Å². The van der Waals surface area contributed by atoms with Gasteiger partial charge < -0.3 is 11.5 Å². The number of urea groups is 1. The van der Waals surface area contributed by atoms with Crippen molar-refractivity contribution in [3.05, 3.63) is 34.9 Å². The van der Waals surface area contributed by atoms with Gasteiger partial charge in [-0.2, -0.15) is 4.99 Å². The summed E-state index contributed by atoms with van der Waals surface area (Å²) >= 11 is 5.79. The third-order valence-electron chi connectivity index (χ3n) is 1.38. The Morgan fingerprint density at radius 1 is 1.31 bits per heavy atom. The van der Waals surface area contributed by atoms with Gasteiger partial charge >= 0.3 is 6.03 Å². The molecule has 0 saturated carbocycles. The summed E-state index contributed by atoms with van der Waals surface area (Å²) in [6.07, 6.45) is 0. The number of halogens is 1. The number of primary amides is 1. The zero-order valence-corrected chi connectivity index (χ0v) is 7.45. The fourth-order valence-corrected chi connectivity index (χ4v) is 1.08. The van der Waals surface area contributed by atoms with Gasteiger partial charge in [-0.25, -0.2) is 4.79 Å². The van der Waals surface area contributed by atoms with Gasteiger partial charge in [0.05, 0.1) is 5.02 Å². The molecule has 0 heterocycles. The normalized spacial score (nSPS) is 11.3. The van der Waals surface area contributed by atoms with E-state index < -0.39 is 6.03 Å². The molecule has 0 fully saturated rings. The van der Waals surface area contributed by atoms with E-state index in [0.717, 1.165) is 0 Å². The minimum atomic E-state index is -0.836. The van der Waals surface area contributed by atoms with Crippen LogP contribution in [0.4, 0.5) is 4.79 Å². The highest BCUT2D eigenvalue weighted by atomic mass is 35.5. The Morgan fingerprint density at radius 3 is 2.46 bits per heavy atom. The third kappa shape index (κ3) is 2.45. The molecule has 0 bridgehead atoms. The van der Waals surface area contributed by atoms with E-state index in [0.29, 0.717) is 10.6 Å². The average molecular weight is 198 g/mol. The molecule has 0 unspecified atom stereocenters. The molecular weight excluding hydrogens is 190 g/mol. The fraction of sp³-hybridized carbons (Fsp3) is 0. The first-order chi connectivity index (χ1) is 6.11. The molecule has 4 N–H and O–H groups in total. The van der Waals surface area contributed by atoms with Crippen molar-refractivity contribution in [2.75, 3.05) is 0 Å². The Kier molecular flexibility index (Phi) is 2.87. The molecule has 1 aromatic rings. The second kappa shape index (κ2) is 3.91. The standard InChI is InChI=1S/C8H8ClN3O/c9-6-4-2-1-3-5(6)7(10)12-8(11)13/h1-4H,(H4,10,11,12,13). The number of benzene rings is 1. The number of nitrogens with zero attached hydrogens (tertiary/aromatic N) is 1. The van der Waals surface area contributed by atoms with Crippen molar-refractivity contribution in [2.45, 2.75) is 0 Å². The predicted molar refractivity (Wildman–Crippen MR) is 51.8 cm³/mol. The molecule has 0 aliphatic heterocycles. The number of carbonyl (C=O) groups excluding carboxylic acids is 1. The van der Waals surface area contributed by atoms with E-state index in [4.69, 9.17) is 23.1 Å². The molecule has 5 heteroatoms. The van der Waals surface area contributed by atoms with Crippen LogP contribution in [0.1, 0.15) is 5.56 Å². The van der Waals surface area contributed by atoms with Crippen LogP contribution < -0.4 is 11.5 Å². The molecule has 1 aromatic carbocycles. The number of hydrogen-bond donors (Lipinski definition) is 2. The van der Waals surface area contributed by atoms with Gasteiger partial charge in [-0.15, -0.1) is 0 Å². The van der Waals surface area contributed by atoms with E-state index in [2.05, 4.69) is 4.99 Å². The van der Waals surface area contributed by atoms with Crippen molar-refractivity contribution >= 4 is 23.5 Å². The van der Waals surface area contributed by atoms with Crippen LogP contribution in [0.15, 0.2) is 29.3 Å². The minimum Gasteiger partial charge on any atom is -0.383 e. The molecule has 0 radical (unpaired) electrons. The van der Waals surface area contributed by atoms with Crippen LogP contribution in [-0.2, 0) is 0 Å². The summed E-state index contributed by atoms with van der Waals surface area (Å²) in [6, 6.07) is 5.97. The van der Waals surface area contributed by atoms with Crippen molar-refractivity contribution in [3.8, 4) is 0 Å². The molecule has 2 amide bonds. The van der Waals surface area contributed by atoms with Crippen LogP contribution in [0.3, 0.4) is 0 Å².